The Kier molecular flexibility index (Phi) is 5.19. The summed E-state index contributed by atoms with van der Waals surface area (Å²) in [5, 5.41) is 11.9. The molecule has 1 fully saturated rings. The number of amides is 5. The van der Waals surface area contributed by atoms with Gasteiger partial charge in [-0.15, -0.1) is 0 Å². The van der Waals surface area contributed by atoms with Crippen LogP contribution in [0.15, 0.2) is 6.07 Å². The van der Waals surface area contributed by atoms with Gasteiger partial charge in [-0.1, -0.05) is 6.92 Å². The number of hydrogen-bond acceptors (Lipinski definition) is 5. The molecule has 10 heteroatoms. The summed E-state index contributed by atoms with van der Waals surface area (Å²) in [6, 6.07) is 0.521. The van der Waals surface area contributed by atoms with Gasteiger partial charge in [-0.25, -0.2) is 4.79 Å². The summed E-state index contributed by atoms with van der Waals surface area (Å²) in [5.41, 5.74) is 1.62. The predicted molar refractivity (Wildman–Crippen MR) is 89.5 cm³/mol. The SMILES string of the molecule is CCC(=O)NCc1cc2n(n1)CCN(C(=O)[C@@H]1CCC(=O)NC(=O)N1)C2. The second-order valence-corrected chi connectivity index (χ2v) is 6.35. The molecule has 2 aliphatic rings. The van der Waals surface area contributed by atoms with Gasteiger partial charge in [0.1, 0.15) is 6.04 Å². The van der Waals surface area contributed by atoms with Crippen molar-refractivity contribution in [1.29, 1.82) is 0 Å². The minimum absolute atomic E-state index is 0.0416. The monoisotopic (exact) mass is 362 g/mol. The number of imide groups is 1. The molecule has 10 nitrogen and oxygen atoms in total. The van der Waals surface area contributed by atoms with E-state index in [1.807, 2.05) is 10.7 Å². The van der Waals surface area contributed by atoms with E-state index in [1.165, 1.54) is 0 Å². The maximum absolute atomic E-state index is 12.7. The van der Waals surface area contributed by atoms with E-state index in [0.717, 1.165) is 11.4 Å². The summed E-state index contributed by atoms with van der Waals surface area (Å²) in [7, 11) is 0. The number of aromatic nitrogens is 2. The van der Waals surface area contributed by atoms with Gasteiger partial charge in [0, 0.05) is 19.4 Å². The number of nitrogens with zero attached hydrogens (tertiary/aromatic N) is 3. The maximum atomic E-state index is 12.7. The highest BCUT2D eigenvalue weighted by Crippen LogP contribution is 2.16. The van der Waals surface area contributed by atoms with Crippen molar-refractivity contribution in [2.75, 3.05) is 6.54 Å². The van der Waals surface area contributed by atoms with E-state index in [-0.39, 0.29) is 30.6 Å². The third-order valence-electron chi connectivity index (χ3n) is 4.46. The second kappa shape index (κ2) is 7.54. The predicted octanol–water partition coefficient (Wildman–Crippen LogP) is -0.760. The Balaban J connectivity index is 1.63. The summed E-state index contributed by atoms with van der Waals surface area (Å²) in [6.07, 6.45) is 0.822. The van der Waals surface area contributed by atoms with Crippen LogP contribution in [0.2, 0.25) is 0 Å². The number of carbonyl (C=O) groups excluding carboxylic acids is 4. The van der Waals surface area contributed by atoms with E-state index in [9.17, 15) is 19.2 Å². The Morgan fingerprint density at radius 1 is 1.35 bits per heavy atom. The van der Waals surface area contributed by atoms with E-state index in [2.05, 4.69) is 21.0 Å². The Morgan fingerprint density at radius 3 is 2.92 bits per heavy atom. The molecule has 3 N–H and O–H groups in total. The van der Waals surface area contributed by atoms with Gasteiger partial charge in [-0.05, 0) is 12.5 Å². The van der Waals surface area contributed by atoms with Crippen molar-refractivity contribution in [3.05, 3.63) is 17.5 Å². The molecule has 1 aromatic rings. The molecule has 0 radical (unpaired) electrons. The molecule has 5 amide bonds. The van der Waals surface area contributed by atoms with Crippen molar-refractivity contribution in [2.24, 2.45) is 0 Å². The van der Waals surface area contributed by atoms with E-state index in [4.69, 9.17) is 0 Å². The lowest BCUT2D eigenvalue weighted by molar-refractivity contribution is -0.134. The van der Waals surface area contributed by atoms with E-state index < -0.39 is 12.1 Å². The van der Waals surface area contributed by atoms with Crippen LogP contribution in [0.25, 0.3) is 0 Å². The van der Waals surface area contributed by atoms with E-state index >= 15 is 0 Å². The molecule has 1 aromatic heterocycles. The van der Waals surface area contributed by atoms with Crippen molar-refractivity contribution in [3.63, 3.8) is 0 Å². The molecule has 0 aromatic carbocycles. The Bertz CT molecular complexity index is 743. The van der Waals surface area contributed by atoms with Crippen molar-refractivity contribution in [2.45, 2.75) is 51.9 Å². The molecule has 0 saturated carbocycles. The third kappa shape index (κ3) is 4.01. The average molecular weight is 362 g/mol. The highest BCUT2D eigenvalue weighted by Gasteiger charge is 2.31. The van der Waals surface area contributed by atoms with E-state index in [1.54, 1.807) is 11.8 Å². The van der Waals surface area contributed by atoms with Crippen molar-refractivity contribution < 1.29 is 19.2 Å². The molecule has 0 aliphatic carbocycles. The summed E-state index contributed by atoms with van der Waals surface area (Å²) >= 11 is 0. The summed E-state index contributed by atoms with van der Waals surface area (Å²) in [6.45, 7) is 3.53. The number of hydrogen-bond donors (Lipinski definition) is 3. The highest BCUT2D eigenvalue weighted by atomic mass is 16.2. The third-order valence-corrected chi connectivity index (χ3v) is 4.46. The molecule has 2 aliphatic heterocycles. The molecule has 3 heterocycles. The fourth-order valence-electron chi connectivity index (χ4n) is 3.05. The first kappa shape index (κ1) is 17.9. The van der Waals surface area contributed by atoms with Crippen molar-refractivity contribution >= 4 is 23.8 Å². The van der Waals surface area contributed by atoms with Crippen LogP contribution in [0.5, 0.6) is 0 Å². The number of fused-ring (bicyclic) bond motifs is 1. The molecule has 140 valence electrons. The standard InChI is InChI=1S/C16H22N6O4/c1-2-13(23)17-8-10-7-11-9-21(5-6-22(11)20-10)15(25)12-3-4-14(24)19-16(26)18-12/h7,12H,2-6,8-9H2,1H3,(H,17,23)(H2,18,19,24,26)/t12-/m0/s1. The summed E-state index contributed by atoms with van der Waals surface area (Å²) in [5.74, 6) is -0.628. The van der Waals surface area contributed by atoms with Gasteiger partial charge in [0.2, 0.25) is 17.7 Å². The topological polar surface area (TPSA) is 125 Å². The lowest BCUT2D eigenvalue weighted by Crippen LogP contribution is -2.51. The Labute approximate surface area is 150 Å². The lowest BCUT2D eigenvalue weighted by Gasteiger charge is -2.30. The van der Waals surface area contributed by atoms with Gasteiger partial charge in [-0.3, -0.25) is 24.4 Å². The second-order valence-electron chi connectivity index (χ2n) is 6.35. The molecule has 1 atom stereocenters. The zero-order chi connectivity index (χ0) is 18.7. The zero-order valence-corrected chi connectivity index (χ0v) is 14.6. The molecule has 0 bridgehead atoms. The fraction of sp³-hybridized carbons (Fsp3) is 0.562. The van der Waals surface area contributed by atoms with Crippen LogP contribution in [0, 0.1) is 0 Å². The Morgan fingerprint density at radius 2 is 2.15 bits per heavy atom. The minimum Gasteiger partial charge on any atom is -0.350 e. The summed E-state index contributed by atoms with van der Waals surface area (Å²) in [4.78, 5) is 48.7. The largest absolute Gasteiger partial charge is 0.350 e. The van der Waals surface area contributed by atoms with Crippen LogP contribution in [0.1, 0.15) is 37.6 Å². The number of nitrogens with one attached hydrogen (secondary N) is 3. The fourth-order valence-corrected chi connectivity index (χ4v) is 3.05. The first-order chi connectivity index (χ1) is 12.5. The maximum Gasteiger partial charge on any atom is 0.322 e. The molecule has 26 heavy (non-hydrogen) atoms. The van der Waals surface area contributed by atoms with Crippen LogP contribution in [-0.4, -0.2) is 51.0 Å². The first-order valence-corrected chi connectivity index (χ1v) is 8.67. The lowest BCUT2D eigenvalue weighted by atomic mass is 10.1. The number of carbonyl (C=O) groups is 4. The molecule has 3 rings (SSSR count). The first-order valence-electron chi connectivity index (χ1n) is 8.67. The van der Waals surface area contributed by atoms with Gasteiger partial charge < -0.3 is 15.5 Å². The average Bonchev–Trinajstić information content (AvgIpc) is 2.95. The molecule has 0 spiro atoms. The Hall–Kier alpha value is -2.91. The minimum atomic E-state index is -0.709. The molecule has 0 unspecified atom stereocenters. The van der Waals surface area contributed by atoms with Gasteiger partial charge >= 0.3 is 6.03 Å². The molecular formula is C16H22N6O4. The molecule has 1 saturated heterocycles. The van der Waals surface area contributed by atoms with Gasteiger partial charge in [0.25, 0.3) is 0 Å². The van der Waals surface area contributed by atoms with Crippen molar-refractivity contribution in [1.82, 2.24) is 30.6 Å². The van der Waals surface area contributed by atoms with Crippen LogP contribution < -0.4 is 16.0 Å². The smallest absolute Gasteiger partial charge is 0.322 e. The van der Waals surface area contributed by atoms with Crippen LogP contribution in [-0.2, 0) is 34.0 Å². The molecular weight excluding hydrogens is 340 g/mol. The van der Waals surface area contributed by atoms with Crippen molar-refractivity contribution in [3.8, 4) is 0 Å². The van der Waals surface area contributed by atoms with Gasteiger partial charge in [0.05, 0.1) is 31.0 Å². The van der Waals surface area contributed by atoms with Gasteiger partial charge in [0.15, 0.2) is 0 Å². The van der Waals surface area contributed by atoms with Crippen LogP contribution in [0.3, 0.4) is 0 Å². The zero-order valence-electron chi connectivity index (χ0n) is 14.6. The van der Waals surface area contributed by atoms with Crippen LogP contribution >= 0.6 is 0 Å². The quantitative estimate of drug-likeness (QED) is 0.649. The highest BCUT2D eigenvalue weighted by molar-refractivity contribution is 5.98. The van der Waals surface area contributed by atoms with E-state index in [0.29, 0.717) is 32.6 Å². The number of urea groups is 1. The summed E-state index contributed by atoms with van der Waals surface area (Å²) < 4.78 is 1.83. The van der Waals surface area contributed by atoms with Gasteiger partial charge in [-0.2, -0.15) is 5.10 Å². The van der Waals surface area contributed by atoms with Crippen LogP contribution in [0.4, 0.5) is 4.79 Å². The number of rotatable bonds is 4. The normalized spacial score (nSPS) is 19.9.